The van der Waals surface area contributed by atoms with Gasteiger partial charge in [-0.05, 0) is 35.9 Å². The molecule has 0 saturated heterocycles. The molecule has 0 aliphatic carbocycles. The lowest BCUT2D eigenvalue weighted by Gasteiger charge is -2.31. The number of methoxy groups -OCH3 is 1. The van der Waals surface area contributed by atoms with E-state index in [4.69, 9.17) is 16.3 Å². The molecule has 132 valence electrons. The number of aromatic hydroxyl groups is 1. The number of ether oxygens (including phenoxy) is 1. The summed E-state index contributed by atoms with van der Waals surface area (Å²) in [5, 5.41) is 10.9. The van der Waals surface area contributed by atoms with Crippen LogP contribution in [0.5, 0.6) is 11.5 Å². The number of aliphatic imine (C=N–C) groups is 1. The first-order valence-corrected chi connectivity index (χ1v) is 8.60. The molecule has 0 atom stereocenters. The molecule has 2 aliphatic heterocycles. The fourth-order valence-electron chi connectivity index (χ4n) is 3.08. The second-order valence-corrected chi connectivity index (χ2v) is 6.57. The number of halogens is 1. The molecular weight excluding hydrogens is 350 g/mol. The highest BCUT2D eigenvalue weighted by atomic mass is 35.5. The van der Waals surface area contributed by atoms with Crippen LogP contribution in [0, 0.1) is 0 Å². The molecule has 2 aromatic rings. The van der Waals surface area contributed by atoms with Crippen molar-refractivity contribution in [3.8, 4) is 11.5 Å². The fourth-order valence-corrected chi connectivity index (χ4v) is 3.25. The highest BCUT2D eigenvalue weighted by Crippen LogP contribution is 2.36. The maximum absolute atomic E-state index is 10.3. The van der Waals surface area contributed by atoms with Gasteiger partial charge in [-0.3, -0.25) is 4.99 Å². The Morgan fingerprint density at radius 3 is 2.73 bits per heavy atom. The van der Waals surface area contributed by atoms with Crippen molar-refractivity contribution in [1.29, 1.82) is 0 Å². The highest BCUT2D eigenvalue weighted by Gasteiger charge is 2.25. The van der Waals surface area contributed by atoms with Crippen molar-refractivity contribution in [1.82, 2.24) is 9.80 Å². The van der Waals surface area contributed by atoms with Gasteiger partial charge in [0.1, 0.15) is 18.2 Å². The molecule has 4 rings (SSSR count). The van der Waals surface area contributed by atoms with Gasteiger partial charge in [0.15, 0.2) is 0 Å². The molecule has 1 N–H and O–H groups in total. The van der Waals surface area contributed by atoms with Gasteiger partial charge in [-0.25, -0.2) is 0 Å². The van der Waals surface area contributed by atoms with Crippen molar-refractivity contribution in [2.45, 2.75) is 6.54 Å². The first kappa shape index (κ1) is 16.5. The van der Waals surface area contributed by atoms with Crippen LogP contribution in [-0.4, -0.2) is 34.9 Å². The van der Waals surface area contributed by atoms with Crippen LogP contribution in [0.3, 0.4) is 0 Å². The molecule has 26 heavy (non-hydrogen) atoms. The third-order valence-corrected chi connectivity index (χ3v) is 4.63. The number of fused-ring (bicyclic) bond motifs is 1. The van der Waals surface area contributed by atoms with Gasteiger partial charge in [-0.15, -0.1) is 0 Å². The van der Waals surface area contributed by atoms with Crippen molar-refractivity contribution in [2.75, 3.05) is 13.8 Å². The third-order valence-electron chi connectivity index (χ3n) is 4.39. The number of allylic oxidation sites excluding steroid dienone is 1. The predicted molar refractivity (Wildman–Crippen MR) is 103 cm³/mol. The monoisotopic (exact) mass is 367 g/mol. The summed E-state index contributed by atoms with van der Waals surface area (Å²) in [5.41, 5.74) is 3.69. The summed E-state index contributed by atoms with van der Waals surface area (Å²) in [6.07, 6.45) is 5.90. The molecule has 6 heteroatoms. The Labute approximate surface area is 157 Å². The number of hydrogen-bond donors (Lipinski definition) is 1. The van der Waals surface area contributed by atoms with Crippen molar-refractivity contribution < 1.29 is 9.84 Å². The minimum Gasteiger partial charge on any atom is -0.507 e. The third kappa shape index (κ3) is 3.13. The van der Waals surface area contributed by atoms with Crippen molar-refractivity contribution in [3.05, 3.63) is 76.7 Å². The van der Waals surface area contributed by atoms with E-state index in [2.05, 4.69) is 14.8 Å². The van der Waals surface area contributed by atoms with Crippen LogP contribution in [0.1, 0.15) is 11.1 Å². The topological polar surface area (TPSA) is 48.3 Å². The summed E-state index contributed by atoms with van der Waals surface area (Å²) in [6, 6.07) is 13.0. The van der Waals surface area contributed by atoms with Crippen LogP contribution in [0.4, 0.5) is 0 Å². The van der Waals surface area contributed by atoms with Crippen LogP contribution in [0.15, 0.2) is 65.6 Å². The predicted octanol–water partition coefficient (Wildman–Crippen LogP) is 4.05. The largest absolute Gasteiger partial charge is 0.507 e. The molecule has 2 heterocycles. The molecule has 5 nitrogen and oxygen atoms in total. The van der Waals surface area contributed by atoms with Gasteiger partial charge in [0.25, 0.3) is 0 Å². The minimum absolute atomic E-state index is 0.193. The van der Waals surface area contributed by atoms with Crippen molar-refractivity contribution in [3.63, 3.8) is 0 Å². The number of benzene rings is 2. The summed E-state index contributed by atoms with van der Waals surface area (Å²) in [6.45, 7) is 1.22. The van der Waals surface area contributed by atoms with Gasteiger partial charge in [0.2, 0.25) is 0 Å². The SMILES string of the molecule is COc1ccc(CN2C=C3C=NCN3C(c3cc(Cl)ccc3O)=C2)cc1. The van der Waals surface area contributed by atoms with E-state index in [0.29, 0.717) is 23.8 Å². The molecule has 0 unspecified atom stereocenters. The zero-order valence-corrected chi connectivity index (χ0v) is 15.0. The Balaban J connectivity index is 1.67. The molecule has 2 aliphatic rings. The quantitative estimate of drug-likeness (QED) is 0.885. The average molecular weight is 368 g/mol. The Bertz CT molecular complexity index is 919. The summed E-state index contributed by atoms with van der Waals surface area (Å²) in [4.78, 5) is 8.49. The zero-order chi connectivity index (χ0) is 18.1. The van der Waals surface area contributed by atoms with E-state index in [1.807, 2.05) is 42.9 Å². The molecule has 0 aromatic heterocycles. The first-order valence-electron chi connectivity index (χ1n) is 8.22. The maximum Gasteiger partial charge on any atom is 0.125 e. The summed E-state index contributed by atoms with van der Waals surface area (Å²) >= 11 is 6.15. The van der Waals surface area contributed by atoms with Crippen LogP contribution in [0.2, 0.25) is 5.02 Å². The molecule has 0 radical (unpaired) electrons. The molecule has 2 aromatic carbocycles. The van der Waals surface area contributed by atoms with E-state index in [0.717, 1.165) is 22.7 Å². The highest BCUT2D eigenvalue weighted by molar-refractivity contribution is 6.30. The van der Waals surface area contributed by atoms with Crippen LogP contribution in [-0.2, 0) is 6.54 Å². The lowest BCUT2D eigenvalue weighted by molar-refractivity contribution is 0.413. The van der Waals surface area contributed by atoms with Crippen LogP contribution >= 0.6 is 11.6 Å². The fraction of sp³-hybridized carbons (Fsp3) is 0.150. The van der Waals surface area contributed by atoms with Crippen molar-refractivity contribution >= 4 is 23.5 Å². The van der Waals surface area contributed by atoms with E-state index in [-0.39, 0.29) is 5.75 Å². The van der Waals surface area contributed by atoms with Gasteiger partial charge in [-0.1, -0.05) is 23.7 Å². The maximum atomic E-state index is 10.3. The van der Waals surface area contributed by atoms with Crippen molar-refractivity contribution in [2.24, 2.45) is 4.99 Å². The standard InChI is InChI=1S/C20H18ClN3O2/c1-26-17-5-2-14(3-6-17)10-23-11-16-9-22-13-24(16)19(12-23)18-8-15(21)4-7-20(18)25/h2-9,11-12,25H,10,13H2,1H3. The van der Waals surface area contributed by atoms with Crippen LogP contribution in [0.25, 0.3) is 5.70 Å². The lowest BCUT2D eigenvalue weighted by Crippen LogP contribution is -2.27. The molecule has 0 saturated carbocycles. The van der Waals surface area contributed by atoms with Gasteiger partial charge < -0.3 is 19.6 Å². The number of rotatable bonds is 4. The van der Waals surface area contributed by atoms with Gasteiger partial charge >= 0.3 is 0 Å². The number of hydrogen-bond acceptors (Lipinski definition) is 5. The summed E-state index contributed by atoms with van der Waals surface area (Å²) < 4.78 is 5.21. The van der Waals surface area contributed by atoms with E-state index in [1.54, 1.807) is 25.3 Å². The first-order chi connectivity index (χ1) is 12.6. The van der Waals surface area contributed by atoms with E-state index >= 15 is 0 Å². The number of phenolic OH excluding ortho intramolecular Hbond substituents is 1. The molecule has 0 amide bonds. The van der Waals surface area contributed by atoms with E-state index < -0.39 is 0 Å². The van der Waals surface area contributed by atoms with Gasteiger partial charge in [0.05, 0.1) is 18.5 Å². The smallest absolute Gasteiger partial charge is 0.125 e. The molecule has 0 spiro atoms. The lowest BCUT2D eigenvalue weighted by atomic mass is 10.1. The Morgan fingerprint density at radius 1 is 1.15 bits per heavy atom. The average Bonchev–Trinajstić information content (AvgIpc) is 3.12. The Morgan fingerprint density at radius 2 is 1.96 bits per heavy atom. The minimum atomic E-state index is 0.193. The summed E-state index contributed by atoms with van der Waals surface area (Å²) in [7, 11) is 1.66. The molecule has 0 bridgehead atoms. The molecule has 0 fully saturated rings. The number of phenols is 1. The summed E-state index contributed by atoms with van der Waals surface area (Å²) in [5.74, 6) is 1.03. The zero-order valence-electron chi connectivity index (χ0n) is 14.3. The number of nitrogens with zero attached hydrogens (tertiary/aromatic N) is 3. The Kier molecular flexibility index (Phi) is 4.31. The van der Waals surface area contributed by atoms with E-state index in [9.17, 15) is 5.11 Å². The Hall–Kier alpha value is -2.92. The van der Waals surface area contributed by atoms with E-state index in [1.165, 1.54) is 0 Å². The molecular formula is C20H18ClN3O2. The van der Waals surface area contributed by atoms with Gasteiger partial charge in [-0.2, -0.15) is 0 Å². The second kappa shape index (κ2) is 6.77. The normalized spacial score (nSPS) is 15.6. The second-order valence-electron chi connectivity index (χ2n) is 6.13. The van der Waals surface area contributed by atoms with Gasteiger partial charge in [0, 0.05) is 35.7 Å². The van der Waals surface area contributed by atoms with Crippen LogP contribution < -0.4 is 4.74 Å².